The summed E-state index contributed by atoms with van der Waals surface area (Å²) in [6.07, 6.45) is 2.27. The minimum absolute atomic E-state index is 0.203. The second kappa shape index (κ2) is 6.66. The number of hydrogen-bond donors (Lipinski definition) is 0. The highest BCUT2D eigenvalue weighted by molar-refractivity contribution is 6.70. The minimum Gasteiger partial charge on any atom is -0.394 e. The molecule has 0 aromatic rings. The van der Waals surface area contributed by atoms with Crippen LogP contribution in [-0.4, -0.2) is 21.8 Å². The molecule has 0 atom stereocenters. The van der Waals surface area contributed by atoms with Crippen molar-refractivity contribution in [3.8, 4) is 0 Å². The summed E-state index contributed by atoms with van der Waals surface area (Å²) in [4.78, 5) is 0. The van der Waals surface area contributed by atoms with Gasteiger partial charge in [0.1, 0.15) is 0 Å². The maximum Gasteiger partial charge on any atom is 0.343 e. The lowest BCUT2D eigenvalue weighted by atomic mass is 10.1. The normalized spacial score (nSPS) is 13.2. The van der Waals surface area contributed by atoms with Crippen LogP contribution in [0.3, 0.4) is 0 Å². The summed E-state index contributed by atoms with van der Waals surface area (Å²) in [6.45, 7) is 14.7. The first kappa shape index (κ1) is 15.1. The van der Waals surface area contributed by atoms with E-state index in [-0.39, 0.29) is 5.04 Å². The van der Waals surface area contributed by atoms with Crippen LogP contribution in [0.25, 0.3) is 0 Å². The van der Waals surface area contributed by atoms with Gasteiger partial charge in [0.2, 0.25) is 0 Å². The van der Waals surface area contributed by atoms with Crippen molar-refractivity contribution in [3.63, 3.8) is 0 Å². The molecular formula is C12H28O2Si. The van der Waals surface area contributed by atoms with Gasteiger partial charge in [0, 0.05) is 18.3 Å². The molecule has 92 valence electrons. The highest BCUT2D eigenvalue weighted by Gasteiger charge is 2.49. The topological polar surface area (TPSA) is 18.5 Å². The number of hydrogen-bond acceptors (Lipinski definition) is 2. The van der Waals surface area contributed by atoms with Gasteiger partial charge < -0.3 is 8.85 Å². The third-order valence-electron chi connectivity index (χ3n) is 3.25. The molecule has 0 aliphatic heterocycles. The Bertz CT molecular complexity index is 152. The van der Waals surface area contributed by atoms with Crippen molar-refractivity contribution < 1.29 is 8.85 Å². The second-order valence-corrected chi connectivity index (χ2v) is 8.54. The Labute approximate surface area is 96.6 Å². The molecule has 0 N–H and O–H groups in total. The van der Waals surface area contributed by atoms with Gasteiger partial charge in [0.15, 0.2) is 0 Å². The lowest BCUT2D eigenvalue weighted by Gasteiger charge is -2.42. The lowest BCUT2D eigenvalue weighted by Crippen LogP contribution is -2.51. The Morgan fingerprint density at radius 3 is 1.67 bits per heavy atom. The molecule has 0 radical (unpaired) electrons. The van der Waals surface area contributed by atoms with Crippen molar-refractivity contribution in [2.75, 3.05) is 13.2 Å². The van der Waals surface area contributed by atoms with Crippen molar-refractivity contribution in [1.82, 2.24) is 0 Å². The maximum atomic E-state index is 6.08. The largest absolute Gasteiger partial charge is 0.394 e. The van der Waals surface area contributed by atoms with E-state index in [1.54, 1.807) is 0 Å². The average Bonchev–Trinajstić information content (AvgIpc) is 2.18. The molecular weight excluding hydrogens is 204 g/mol. The quantitative estimate of drug-likeness (QED) is 0.587. The summed E-state index contributed by atoms with van der Waals surface area (Å²) in [5.41, 5.74) is 0. The van der Waals surface area contributed by atoms with Gasteiger partial charge in [0.25, 0.3) is 0 Å². The first-order valence-corrected chi connectivity index (χ1v) is 8.29. The Morgan fingerprint density at radius 1 is 0.933 bits per heavy atom. The molecule has 0 unspecified atom stereocenters. The monoisotopic (exact) mass is 232 g/mol. The summed E-state index contributed by atoms with van der Waals surface area (Å²) in [7, 11) is -2.02. The smallest absolute Gasteiger partial charge is 0.343 e. The maximum absolute atomic E-state index is 6.08. The van der Waals surface area contributed by atoms with Gasteiger partial charge in [-0.05, 0) is 26.3 Å². The molecule has 0 heterocycles. The van der Waals surface area contributed by atoms with Gasteiger partial charge in [-0.2, -0.15) is 0 Å². The van der Waals surface area contributed by atoms with Crippen molar-refractivity contribution in [2.45, 2.75) is 65.5 Å². The lowest BCUT2D eigenvalue weighted by molar-refractivity contribution is 0.155. The Hall–Kier alpha value is 0.137. The van der Waals surface area contributed by atoms with Crippen LogP contribution in [0.15, 0.2) is 0 Å². The third-order valence-corrected chi connectivity index (χ3v) is 8.33. The minimum atomic E-state index is -2.02. The van der Waals surface area contributed by atoms with E-state index >= 15 is 0 Å². The summed E-state index contributed by atoms with van der Waals surface area (Å²) in [5, 5.41) is 0.203. The third kappa shape index (κ3) is 3.57. The molecule has 0 spiro atoms. The predicted molar refractivity (Wildman–Crippen MR) is 68.4 cm³/mol. The summed E-state index contributed by atoms with van der Waals surface area (Å²) < 4.78 is 12.2. The fourth-order valence-electron chi connectivity index (χ4n) is 1.98. The van der Waals surface area contributed by atoms with Gasteiger partial charge in [0.05, 0.1) is 0 Å². The van der Waals surface area contributed by atoms with E-state index in [1.165, 1.54) is 0 Å². The van der Waals surface area contributed by atoms with E-state index in [1.807, 2.05) is 0 Å². The molecule has 0 aliphatic rings. The SMILES string of the molecule is CCC[Si](OCC)(OCC)C(C)(C)CC. The van der Waals surface area contributed by atoms with Crippen LogP contribution >= 0.6 is 0 Å². The van der Waals surface area contributed by atoms with Crippen LogP contribution in [0.5, 0.6) is 0 Å². The second-order valence-electron chi connectivity index (χ2n) is 4.61. The van der Waals surface area contributed by atoms with Crippen LogP contribution in [-0.2, 0) is 8.85 Å². The van der Waals surface area contributed by atoms with Crippen molar-refractivity contribution in [2.24, 2.45) is 0 Å². The van der Waals surface area contributed by atoms with Gasteiger partial charge in [-0.3, -0.25) is 0 Å². The van der Waals surface area contributed by atoms with Crippen LogP contribution in [0, 0.1) is 0 Å². The highest BCUT2D eigenvalue weighted by atomic mass is 28.4. The Kier molecular flexibility index (Phi) is 6.72. The number of rotatable bonds is 8. The van der Waals surface area contributed by atoms with Gasteiger partial charge in [-0.25, -0.2) is 0 Å². The summed E-state index contributed by atoms with van der Waals surface area (Å²) >= 11 is 0. The van der Waals surface area contributed by atoms with E-state index in [2.05, 4.69) is 41.5 Å². The van der Waals surface area contributed by atoms with Gasteiger partial charge in [-0.15, -0.1) is 0 Å². The van der Waals surface area contributed by atoms with E-state index in [4.69, 9.17) is 8.85 Å². The molecule has 3 heteroatoms. The molecule has 0 amide bonds. The molecule has 0 saturated carbocycles. The van der Waals surface area contributed by atoms with Crippen molar-refractivity contribution in [1.29, 1.82) is 0 Å². The predicted octanol–water partition coefficient (Wildman–Crippen LogP) is 4.10. The standard InChI is InChI=1S/C12H28O2Si/c1-7-11-15(13-9-3,14-10-4)12(5,6)8-2/h7-11H2,1-6H3. The Balaban J connectivity index is 4.90. The van der Waals surface area contributed by atoms with E-state index in [0.717, 1.165) is 32.1 Å². The molecule has 2 nitrogen and oxygen atoms in total. The Morgan fingerprint density at radius 2 is 1.40 bits per heavy atom. The molecule has 0 aromatic heterocycles. The van der Waals surface area contributed by atoms with E-state index in [0.29, 0.717) is 0 Å². The molecule has 0 rings (SSSR count). The first-order chi connectivity index (χ1) is 6.99. The average molecular weight is 232 g/mol. The summed E-state index contributed by atoms with van der Waals surface area (Å²) in [5.74, 6) is 0. The van der Waals surface area contributed by atoms with Crippen LogP contribution in [0.1, 0.15) is 54.4 Å². The fourth-order valence-corrected chi connectivity index (χ4v) is 5.94. The van der Waals surface area contributed by atoms with Gasteiger partial charge in [-0.1, -0.05) is 34.1 Å². The molecule has 15 heavy (non-hydrogen) atoms. The van der Waals surface area contributed by atoms with Gasteiger partial charge >= 0.3 is 8.56 Å². The zero-order chi connectivity index (χ0) is 11.9. The van der Waals surface area contributed by atoms with E-state index in [9.17, 15) is 0 Å². The van der Waals surface area contributed by atoms with Crippen LogP contribution in [0.2, 0.25) is 11.1 Å². The van der Waals surface area contributed by atoms with Crippen molar-refractivity contribution >= 4 is 8.56 Å². The zero-order valence-corrected chi connectivity index (χ0v) is 12.4. The first-order valence-electron chi connectivity index (χ1n) is 6.27. The van der Waals surface area contributed by atoms with Crippen LogP contribution in [0.4, 0.5) is 0 Å². The fraction of sp³-hybridized carbons (Fsp3) is 1.00. The highest BCUT2D eigenvalue weighted by Crippen LogP contribution is 2.44. The molecule has 0 aliphatic carbocycles. The molecule has 0 aromatic carbocycles. The van der Waals surface area contributed by atoms with Crippen molar-refractivity contribution in [3.05, 3.63) is 0 Å². The molecule has 0 fully saturated rings. The van der Waals surface area contributed by atoms with Crippen LogP contribution < -0.4 is 0 Å². The summed E-state index contributed by atoms with van der Waals surface area (Å²) in [6, 6.07) is 1.11. The molecule has 0 saturated heterocycles. The zero-order valence-electron chi connectivity index (χ0n) is 11.4. The van der Waals surface area contributed by atoms with E-state index < -0.39 is 8.56 Å². The molecule has 0 bridgehead atoms.